The molecule has 3 aromatic rings. The van der Waals surface area contributed by atoms with Gasteiger partial charge in [0.25, 0.3) is 0 Å². The number of H-pyrrole nitrogens is 1. The van der Waals surface area contributed by atoms with Gasteiger partial charge in [0.15, 0.2) is 11.5 Å². The molecule has 0 aliphatic carbocycles. The molecule has 2 aromatic carbocycles. The van der Waals surface area contributed by atoms with Crippen molar-refractivity contribution in [3.63, 3.8) is 0 Å². The highest BCUT2D eigenvalue weighted by Crippen LogP contribution is 2.38. The minimum atomic E-state index is -0.852. The summed E-state index contributed by atoms with van der Waals surface area (Å²) in [5, 5.41) is 10.2. The van der Waals surface area contributed by atoms with E-state index in [0.717, 1.165) is 33.3 Å². The van der Waals surface area contributed by atoms with Gasteiger partial charge in [-0.05, 0) is 36.2 Å². The molecule has 0 saturated carbocycles. The van der Waals surface area contributed by atoms with Gasteiger partial charge in [-0.15, -0.1) is 0 Å². The Balaban J connectivity index is 1.95. The van der Waals surface area contributed by atoms with Gasteiger partial charge in [0.05, 0.1) is 12.1 Å². The zero-order valence-electron chi connectivity index (χ0n) is 12.6. The molecule has 0 fully saturated rings. The molecule has 2 N–H and O–H groups in total. The average molecular weight is 309 g/mol. The fourth-order valence-corrected chi connectivity index (χ4v) is 3.05. The van der Waals surface area contributed by atoms with Crippen LogP contribution in [0.25, 0.3) is 22.2 Å². The second-order valence-corrected chi connectivity index (χ2v) is 5.61. The highest BCUT2D eigenvalue weighted by Gasteiger charge is 2.19. The lowest BCUT2D eigenvalue weighted by molar-refractivity contribution is -0.136. The lowest BCUT2D eigenvalue weighted by atomic mass is 10.0. The Bertz CT molecular complexity index is 926. The van der Waals surface area contributed by atoms with Crippen LogP contribution in [0.3, 0.4) is 0 Å². The fraction of sp³-hybridized carbons (Fsp3) is 0.167. The number of aromatic nitrogens is 1. The Morgan fingerprint density at radius 2 is 2.04 bits per heavy atom. The fourth-order valence-electron chi connectivity index (χ4n) is 3.05. The predicted molar refractivity (Wildman–Crippen MR) is 85.9 cm³/mol. The number of para-hydroxylation sites is 1. The molecular formula is C18H15NO4. The van der Waals surface area contributed by atoms with Crippen molar-refractivity contribution in [1.82, 2.24) is 4.98 Å². The van der Waals surface area contributed by atoms with Crippen molar-refractivity contribution in [2.45, 2.75) is 13.3 Å². The number of benzene rings is 2. The van der Waals surface area contributed by atoms with Crippen LogP contribution in [0.15, 0.2) is 36.4 Å². The summed E-state index contributed by atoms with van der Waals surface area (Å²) in [5.41, 5.74) is 4.55. The number of aliphatic carboxylic acids is 1. The molecule has 1 aliphatic rings. The van der Waals surface area contributed by atoms with E-state index < -0.39 is 5.97 Å². The Kier molecular flexibility index (Phi) is 3.01. The topological polar surface area (TPSA) is 71.6 Å². The second kappa shape index (κ2) is 5.05. The first-order valence-electron chi connectivity index (χ1n) is 7.35. The van der Waals surface area contributed by atoms with E-state index >= 15 is 0 Å². The number of fused-ring (bicyclic) bond motifs is 2. The molecule has 0 radical (unpaired) electrons. The number of carbonyl (C=O) groups is 1. The number of hydrogen-bond donors (Lipinski definition) is 2. The standard InChI is InChI=1S/C18H15NO4/c1-10-3-2-4-12-13(8-16(20)21)18(19-17(10)12)11-5-6-14-15(7-11)23-9-22-14/h2-7,19H,8-9H2,1H3,(H,20,21). The van der Waals surface area contributed by atoms with Gasteiger partial charge in [-0.3, -0.25) is 4.79 Å². The van der Waals surface area contributed by atoms with Crippen LogP contribution in [0.4, 0.5) is 0 Å². The van der Waals surface area contributed by atoms with Crippen LogP contribution >= 0.6 is 0 Å². The SMILES string of the molecule is Cc1cccc2c(CC(=O)O)c(-c3ccc4c(c3)OCO4)[nH]c12. The third-order valence-corrected chi connectivity index (χ3v) is 4.14. The van der Waals surface area contributed by atoms with Crippen LogP contribution < -0.4 is 9.47 Å². The maximum Gasteiger partial charge on any atom is 0.307 e. The summed E-state index contributed by atoms with van der Waals surface area (Å²) in [6, 6.07) is 11.5. The first-order valence-corrected chi connectivity index (χ1v) is 7.35. The maximum atomic E-state index is 11.3. The Hall–Kier alpha value is -2.95. The van der Waals surface area contributed by atoms with Crippen molar-refractivity contribution in [2.75, 3.05) is 6.79 Å². The minimum Gasteiger partial charge on any atom is -0.481 e. The zero-order valence-corrected chi connectivity index (χ0v) is 12.6. The highest BCUT2D eigenvalue weighted by molar-refractivity contribution is 5.95. The van der Waals surface area contributed by atoms with E-state index in [-0.39, 0.29) is 13.2 Å². The first kappa shape index (κ1) is 13.7. The molecule has 0 saturated heterocycles. The molecule has 0 bridgehead atoms. The van der Waals surface area contributed by atoms with Gasteiger partial charge in [0.2, 0.25) is 6.79 Å². The van der Waals surface area contributed by atoms with Crippen molar-refractivity contribution < 1.29 is 19.4 Å². The summed E-state index contributed by atoms with van der Waals surface area (Å²) in [6.45, 7) is 2.22. The van der Waals surface area contributed by atoms with Crippen molar-refractivity contribution >= 4 is 16.9 Å². The average Bonchev–Trinajstić information content (AvgIpc) is 3.12. The van der Waals surface area contributed by atoms with E-state index in [1.54, 1.807) is 0 Å². The Morgan fingerprint density at radius 3 is 2.87 bits per heavy atom. The maximum absolute atomic E-state index is 11.3. The van der Waals surface area contributed by atoms with Gasteiger partial charge in [-0.2, -0.15) is 0 Å². The highest BCUT2D eigenvalue weighted by atomic mass is 16.7. The van der Waals surface area contributed by atoms with Crippen molar-refractivity contribution in [2.24, 2.45) is 0 Å². The molecule has 1 aromatic heterocycles. The first-order chi connectivity index (χ1) is 11.1. The van der Waals surface area contributed by atoms with E-state index in [9.17, 15) is 9.90 Å². The smallest absolute Gasteiger partial charge is 0.307 e. The normalized spacial score (nSPS) is 12.7. The van der Waals surface area contributed by atoms with Gasteiger partial charge in [0.1, 0.15) is 0 Å². The Labute approximate surface area is 132 Å². The molecule has 1 aliphatic heterocycles. The van der Waals surface area contributed by atoms with Crippen LogP contribution in [0.5, 0.6) is 11.5 Å². The summed E-state index contributed by atoms with van der Waals surface area (Å²) < 4.78 is 10.8. The molecule has 0 unspecified atom stereocenters. The van der Waals surface area contributed by atoms with Gasteiger partial charge < -0.3 is 19.6 Å². The van der Waals surface area contributed by atoms with Gasteiger partial charge in [-0.25, -0.2) is 0 Å². The van der Waals surface area contributed by atoms with Crippen molar-refractivity contribution in [1.29, 1.82) is 0 Å². The molecule has 0 amide bonds. The summed E-state index contributed by atoms with van der Waals surface area (Å²) in [5.74, 6) is 0.536. The minimum absolute atomic E-state index is 0.0345. The molecule has 23 heavy (non-hydrogen) atoms. The van der Waals surface area contributed by atoms with Crippen LogP contribution in [0.1, 0.15) is 11.1 Å². The van der Waals surface area contributed by atoms with E-state index in [1.807, 2.05) is 43.3 Å². The summed E-state index contributed by atoms with van der Waals surface area (Å²) in [7, 11) is 0. The lowest BCUT2D eigenvalue weighted by Gasteiger charge is -2.04. The zero-order chi connectivity index (χ0) is 16.0. The number of aryl methyl sites for hydroxylation is 1. The van der Waals surface area contributed by atoms with Crippen LogP contribution in [-0.2, 0) is 11.2 Å². The summed E-state index contributed by atoms with van der Waals surface area (Å²) >= 11 is 0. The van der Waals surface area contributed by atoms with Gasteiger partial charge >= 0.3 is 5.97 Å². The molecule has 116 valence electrons. The molecule has 0 spiro atoms. The van der Waals surface area contributed by atoms with Crippen molar-refractivity contribution in [3.05, 3.63) is 47.5 Å². The van der Waals surface area contributed by atoms with Crippen LogP contribution in [0.2, 0.25) is 0 Å². The molecule has 2 heterocycles. The van der Waals surface area contributed by atoms with E-state index in [1.165, 1.54) is 0 Å². The molecule has 5 heteroatoms. The van der Waals surface area contributed by atoms with Gasteiger partial charge in [0, 0.05) is 16.5 Å². The van der Waals surface area contributed by atoms with E-state index in [4.69, 9.17) is 9.47 Å². The second-order valence-electron chi connectivity index (χ2n) is 5.61. The summed E-state index contributed by atoms with van der Waals surface area (Å²) in [6.07, 6.45) is -0.0345. The molecular weight excluding hydrogens is 294 g/mol. The number of aromatic amines is 1. The number of ether oxygens (including phenoxy) is 2. The Morgan fingerprint density at radius 1 is 1.22 bits per heavy atom. The summed E-state index contributed by atoms with van der Waals surface area (Å²) in [4.78, 5) is 14.7. The molecule has 4 rings (SSSR count). The quantitative estimate of drug-likeness (QED) is 0.777. The van der Waals surface area contributed by atoms with E-state index in [0.29, 0.717) is 11.5 Å². The van der Waals surface area contributed by atoms with Gasteiger partial charge in [-0.1, -0.05) is 18.2 Å². The predicted octanol–water partition coefficient (Wildman–Crippen LogP) is 3.50. The molecule has 0 atom stereocenters. The largest absolute Gasteiger partial charge is 0.481 e. The number of rotatable bonds is 3. The van der Waals surface area contributed by atoms with Crippen LogP contribution in [0, 0.1) is 6.92 Å². The van der Waals surface area contributed by atoms with E-state index in [2.05, 4.69) is 4.98 Å². The third-order valence-electron chi connectivity index (χ3n) is 4.14. The molecule has 5 nitrogen and oxygen atoms in total. The lowest BCUT2D eigenvalue weighted by Crippen LogP contribution is -2.00. The number of hydrogen-bond acceptors (Lipinski definition) is 3. The van der Waals surface area contributed by atoms with Crippen LogP contribution in [-0.4, -0.2) is 22.9 Å². The monoisotopic (exact) mass is 309 g/mol. The number of carboxylic acid groups (broad SMARTS) is 1. The van der Waals surface area contributed by atoms with Crippen molar-refractivity contribution in [3.8, 4) is 22.8 Å². The number of nitrogens with one attached hydrogen (secondary N) is 1. The third kappa shape index (κ3) is 2.21. The number of carboxylic acids is 1.